The minimum Gasteiger partial charge on any atom is -0.325 e. The van der Waals surface area contributed by atoms with Crippen LogP contribution < -0.4 is 0 Å². The van der Waals surface area contributed by atoms with Gasteiger partial charge in [-0.05, 0) is 34.0 Å². The van der Waals surface area contributed by atoms with Crippen molar-refractivity contribution in [1.29, 1.82) is 0 Å². The van der Waals surface area contributed by atoms with Gasteiger partial charge in [0.1, 0.15) is 17.2 Å². The van der Waals surface area contributed by atoms with Crippen molar-refractivity contribution >= 4 is 22.6 Å². The highest BCUT2D eigenvalue weighted by molar-refractivity contribution is 6.16. The normalized spacial score (nSPS) is 12.6. The second kappa shape index (κ2) is 5.30. The molecule has 2 aromatic rings. The second-order valence-electron chi connectivity index (χ2n) is 5.71. The van der Waals surface area contributed by atoms with Crippen LogP contribution in [0.5, 0.6) is 0 Å². The van der Waals surface area contributed by atoms with E-state index in [1.165, 1.54) is 6.07 Å². The van der Waals surface area contributed by atoms with Gasteiger partial charge < -0.3 is 9.47 Å². The molecule has 0 radical (unpaired) electrons. The molecule has 3 nitrogen and oxygen atoms in total. The Morgan fingerprint density at radius 2 is 1.95 bits per heavy atom. The predicted molar refractivity (Wildman–Crippen MR) is 77.0 cm³/mol. The summed E-state index contributed by atoms with van der Waals surface area (Å²) < 4.78 is 29.0. The molecule has 0 saturated carbocycles. The summed E-state index contributed by atoms with van der Waals surface area (Å²) in [5.74, 6) is -0.576. The van der Waals surface area contributed by atoms with Crippen LogP contribution in [0.1, 0.15) is 19.7 Å². The number of benzene rings is 1. The molecule has 1 aromatic heterocycles. The zero-order valence-electron chi connectivity index (χ0n) is 12.0. The number of alkyl halides is 1. The first-order valence-corrected chi connectivity index (χ1v) is 6.87. The summed E-state index contributed by atoms with van der Waals surface area (Å²) in [5.41, 5.74) is 0.404. The van der Waals surface area contributed by atoms with Crippen molar-refractivity contribution in [3.8, 4) is 0 Å². The van der Waals surface area contributed by atoms with Crippen molar-refractivity contribution in [2.24, 2.45) is 0 Å². The minimum absolute atomic E-state index is 0.152. The zero-order chi connectivity index (χ0) is 15.1. The molecule has 0 spiro atoms. The molecular formula is C14H18ClF2N3. The van der Waals surface area contributed by atoms with E-state index in [0.717, 1.165) is 6.07 Å². The zero-order valence-corrected chi connectivity index (χ0v) is 12.8. The summed E-state index contributed by atoms with van der Waals surface area (Å²) >= 11 is 5.89. The molecule has 0 aliphatic rings. The molecule has 6 heteroatoms. The minimum atomic E-state index is -0.659. The largest absolute Gasteiger partial charge is 0.325 e. The molecule has 110 valence electrons. The van der Waals surface area contributed by atoms with Gasteiger partial charge in [0.15, 0.2) is 5.82 Å². The lowest BCUT2D eigenvalue weighted by Gasteiger charge is -2.33. The standard InChI is InChI=1S/C14H18ClF2N3/c1-14(2,19(3)4)8-20-11-6-9(16)5-10(17)13(11)18-12(20)7-15/h5-6H,7-8H2,1-4H3. The Labute approximate surface area is 122 Å². The van der Waals surface area contributed by atoms with Gasteiger partial charge >= 0.3 is 0 Å². The highest BCUT2D eigenvalue weighted by atomic mass is 35.5. The Hall–Kier alpha value is -1.20. The molecule has 0 amide bonds. The van der Waals surface area contributed by atoms with Crippen LogP contribution >= 0.6 is 11.6 Å². The molecule has 0 N–H and O–H groups in total. The van der Waals surface area contributed by atoms with Gasteiger partial charge in [-0.3, -0.25) is 0 Å². The number of nitrogens with zero attached hydrogens (tertiary/aromatic N) is 3. The maximum absolute atomic E-state index is 13.8. The van der Waals surface area contributed by atoms with Gasteiger partial charge in [-0.2, -0.15) is 0 Å². The number of likely N-dealkylation sites (N-methyl/N-ethyl adjacent to an activating group) is 1. The SMILES string of the molecule is CN(C)C(C)(C)Cn1c(CCl)nc2c(F)cc(F)cc21. The van der Waals surface area contributed by atoms with E-state index in [4.69, 9.17) is 11.6 Å². The van der Waals surface area contributed by atoms with E-state index in [0.29, 0.717) is 17.9 Å². The summed E-state index contributed by atoms with van der Waals surface area (Å²) in [6.07, 6.45) is 0. The fraction of sp³-hybridized carbons (Fsp3) is 0.500. The maximum atomic E-state index is 13.8. The first-order valence-electron chi connectivity index (χ1n) is 6.34. The van der Waals surface area contributed by atoms with Gasteiger partial charge in [0.05, 0.1) is 11.4 Å². The molecule has 2 rings (SSSR count). The van der Waals surface area contributed by atoms with Gasteiger partial charge in [-0.25, -0.2) is 13.8 Å². The third-order valence-electron chi connectivity index (χ3n) is 3.73. The van der Waals surface area contributed by atoms with E-state index in [1.807, 2.05) is 32.8 Å². The molecule has 0 bridgehead atoms. The number of aromatic nitrogens is 2. The van der Waals surface area contributed by atoms with Crippen molar-refractivity contribution in [2.75, 3.05) is 14.1 Å². The third kappa shape index (κ3) is 2.65. The predicted octanol–water partition coefficient (Wildman–Crippen LogP) is 3.39. The summed E-state index contributed by atoms with van der Waals surface area (Å²) in [5, 5.41) is 0. The first-order chi connectivity index (χ1) is 9.26. The van der Waals surface area contributed by atoms with Gasteiger partial charge in [0.25, 0.3) is 0 Å². The third-order valence-corrected chi connectivity index (χ3v) is 3.97. The van der Waals surface area contributed by atoms with E-state index in [2.05, 4.69) is 4.98 Å². The van der Waals surface area contributed by atoms with E-state index < -0.39 is 11.6 Å². The summed E-state index contributed by atoms with van der Waals surface area (Å²) in [4.78, 5) is 6.23. The summed E-state index contributed by atoms with van der Waals surface area (Å²) in [7, 11) is 3.92. The Morgan fingerprint density at radius 1 is 1.30 bits per heavy atom. The Bertz CT molecular complexity index is 635. The lowest BCUT2D eigenvalue weighted by atomic mass is 10.0. The highest BCUT2D eigenvalue weighted by Gasteiger charge is 2.25. The van der Waals surface area contributed by atoms with Crippen LogP contribution in [0.3, 0.4) is 0 Å². The van der Waals surface area contributed by atoms with Crippen LogP contribution in [0, 0.1) is 11.6 Å². The fourth-order valence-corrected chi connectivity index (χ4v) is 2.21. The average molecular weight is 302 g/mol. The molecule has 0 fully saturated rings. The van der Waals surface area contributed by atoms with Crippen LogP contribution in [0.15, 0.2) is 12.1 Å². The highest BCUT2D eigenvalue weighted by Crippen LogP contribution is 2.25. The average Bonchev–Trinajstić information content (AvgIpc) is 2.67. The van der Waals surface area contributed by atoms with Crippen molar-refractivity contribution in [3.63, 3.8) is 0 Å². The molecule has 1 heterocycles. The molecule has 0 aliphatic heterocycles. The van der Waals surface area contributed by atoms with Gasteiger partial charge in [0.2, 0.25) is 0 Å². The van der Waals surface area contributed by atoms with Crippen molar-refractivity contribution in [3.05, 3.63) is 29.6 Å². The molecular weight excluding hydrogens is 284 g/mol. The van der Waals surface area contributed by atoms with Gasteiger partial charge in [0, 0.05) is 18.2 Å². The van der Waals surface area contributed by atoms with Crippen molar-refractivity contribution in [1.82, 2.24) is 14.5 Å². The summed E-state index contributed by atoms with van der Waals surface area (Å²) in [6, 6.07) is 2.14. The lowest BCUT2D eigenvalue weighted by Crippen LogP contribution is -2.42. The number of hydrogen-bond donors (Lipinski definition) is 0. The van der Waals surface area contributed by atoms with Crippen LogP contribution in [-0.2, 0) is 12.4 Å². The van der Waals surface area contributed by atoms with E-state index in [9.17, 15) is 8.78 Å². The van der Waals surface area contributed by atoms with Crippen molar-refractivity contribution in [2.45, 2.75) is 31.8 Å². The van der Waals surface area contributed by atoms with E-state index >= 15 is 0 Å². The molecule has 0 aliphatic carbocycles. The quantitative estimate of drug-likeness (QED) is 0.807. The van der Waals surface area contributed by atoms with Crippen LogP contribution in [0.4, 0.5) is 8.78 Å². The van der Waals surface area contributed by atoms with Crippen LogP contribution in [0.2, 0.25) is 0 Å². The lowest BCUT2D eigenvalue weighted by molar-refractivity contribution is 0.170. The topological polar surface area (TPSA) is 21.1 Å². The summed E-state index contributed by atoms with van der Waals surface area (Å²) in [6.45, 7) is 4.64. The Morgan fingerprint density at radius 3 is 2.50 bits per heavy atom. The molecule has 20 heavy (non-hydrogen) atoms. The first kappa shape index (κ1) is 15.2. The smallest absolute Gasteiger partial charge is 0.153 e. The maximum Gasteiger partial charge on any atom is 0.153 e. The van der Waals surface area contributed by atoms with Gasteiger partial charge in [-0.15, -0.1) is 11.6 Å². The Kier molecular flexibility index (Phi) is 4.02. The number of hydrogen-bond acceptors (Lipinski definition) is 2. The monoisotopic (exact) mass is 301 g/mol. The molecule has 0 unspecified atom stereocenters. The second-order valence-corrected chi connectivity index (χ2v) is 5.98. The number of imidazole rings is 1. The fourth-order valence-electron chi connectivity index (χ4n) is 2.00. The molecule has 0 saturated heterocycles. The Balaban J connectivity index is 2.62. The van der Waals surface area contributed by atoms with E-state index in [-0.39, 0.29) is 16.9 Å². The van der Waals surface area contributed by atoms with Gasteiger partial charge in [-0.1, -0.05) is 0 Å². The van der Waals surface area contributed by atoms with E-state index in [1.54, 1.807) is 4.57 Å². The van der Waals surface area contributed by atoms with Crippen molar-refractivity contribution < 1.29 is 8.78 Å². The van der Waals surface area contributed by atoms with Crippen LogP contribution in [-0.4, -0.2) is 34.1 Å². The number of halogens is 3. The number of fused-ring (bicyclic) bond motifs is 1. The number of rotatable bonds is 4. The van der Waals surface area contributed by atoms with Crippen LogP contribution in [0.25, 0.3) is 11.0 Å². The molecule has 0 atom stereocenters. The molecule has 1 aromatic carbocycles.